The summed E-state index contributed by atoms with van der Waals surface area (Å²) in [5, 5.41) is 11.8. The van der Waals surface area contributed by atoms with Crippen LogP contribution in [0, 0.1) is 25.2 Å². The van der Waals surface area contributed by atoms with E-state index in [1.807, 2.05) is 6.92 Å². The van der Waals surface area contributed by atoms with Gasteiger partial charge in [0.05, 0.1) is 12.1 Å². The molecule has 2 heteroatoms. The number of nitriles is 1. The molecule has 0 aliphatic rings. The highest BCUT2D eigenvalue weighted by Crippen LogP contribution is 2.10. The number of nitrogens with zero attached hydrogens (tertiary/aromatic N) is 1. The van der Waals surface area contributed by atoms with Crippen LogP contribution in [0.2, 0.25) is 0 Å². The first-order chi connectivity index (χ1) is 7.13. The molecule has 15 heavy (non-hydrogen) atoms. The maximum Gasteiger partial charge on any atom is 0.0924 e. The molecule has 1 atom stereocenters. The van der Waals surface area contributed by atoms with E-state index in [0.29, 0.717) is 0 Å². The maximum absolute atomic E-state index is 8.62. The first-order valence-electron chi connectivity index (χ1n) is 5.32. The highest BCUT2D eigenvalue weighted by atomic mass is 14.9. The van der Waals surface area contributed by atoms with Crippen LogP contribution in [0.25, 0.3) is 0 Å². The molecule has 0 fully saturated rings. The van der Waals surface area contributed by atoms with Crippen LogP contribution >= 0.6 is 0 Å². The van der Waals surface area contributed by atoms with E-state index in [-0.39, 0.29) is 6.04 Å². The van der Waals surface area contributed by atoms with Crippen molar-refractivity contribution in [3.05, 3.63) is 34.9 Å². The molecule has 1 unspecified atom stereocenters. The van der Waals surface area contributed by atoms with Gasteiger partial charge in [-0.15, -0.1) is 0 Å². The van der Waals surface area contributed by atoms with Crippen molar-refractivity contribution >= 4 is 0 Å². The number of aryl methyl sites for hydroxylation is 2. The van der Waals surface area contributed by atoms with E-state index in [2.05, 4.69) is 43.4 Å². The van der Waals surface area contributed by atoms with Crippen LogP contribution in [0.5, 0.6) is 0 Å². The lowest BCUT2D eigenvalue weighted by atomic mass is 10.0. The van der Waals surface area contributed by atoms with Crippen molar-refractivity contribution in [3.63, 3.8) is 0 Å². The average Bonchev–Trinajstić information content (AvgIpc) is 2.23. The van der Waals surface area contributed by atoms with Gasteiger partial charge >= 0.3 is 0 Å². The average molecular weight is 202 g/mol. The molecular formula is C13H18N2. The van der Waals surface area contributed by atoms with Crippen LogP contribution in [0.4, 0.5) is 0 Å². The topological polar surface area (TPSA) is 35.8 Å². The van der Waals surface area contributed by atoms with Crippen molar-refractivity contribution < 1.29 is 0 Å². The van der Waals surface area contributed by atoms with Crippen LogP contribution in [-0.4, -0.2) is 12.6 Å². The van der Waals surface area contributed by atoms with Crippen molar-refractivity contribution in [3.8, 4) is 6.07 Å². The monoisotopic (exact) mass is 202 g/mol. The second-order valence-electron chi connectivity index (χ2n) is 3.98. The minimum Gasteiger partial charge on any atom is -0.302 e. The van der Waals surface area contributed by atoms with Gasteiger partial charge in [0, 0.05) is 6.54 Å². The molecular weight excluding hydrogens is 184 g/mol. The van der Waals surface area contributed by atoms with Gasteiger partial charge in [0.15, 0.2) is 0 Å². The highest BCUT2D eigenvalue weighted by molar-refractivity contribution is 5.30. The third-order valence-electron chi connectivity index (χ3n) is 2.54. The summed E-state index contributed by atoms with van der Waals surface area (Å²) >= 11 is 0. The minimum atomic E-state index is -0.0601. The van der Waals surface area contributed by atoms with E-state index >= 15 is 0 Å². The van der Waals surface area contributed by atoms with Gasteiger partial charge in [-0.1, -0.05) is 23.8 Å². The summed E-state index contributed by atoms with van der Waals surface area (Å²) in [6.45, 7) is 6.97. The Morgan fingerprint density at radius 3 is 2.80 bits per heavy atom. The van der Waals surface area contributed by atoms with Crippen LogP contribution in [-0.2, 0) is 6.42 Å². The molecule has 0 saturated carbocycles. The minimum absolute atomic E-state index is 0.0601. The van der Waals surface area contributed by atoms with Crippen molar-refractivity contribution in [1.29, 1.82) is 5.26 Å². The Kier molecular flexibility index (Phi) is 4.33. The molecule has 1 aromatic rings. The second-order valence-corrected chi connectivity index (χ2v) is 3.98. The lowest BCUT2D eigenvalue weighted by Gasteiger charge is -2.09. The van der Waals surface area contributed by atoms with Crippen LogP contribution in [0.3, 0.4) is 0 Å². The van der Waals surface area contributed by atoms with Crippen LogP contribution in [0.1, 0.15) is 23.6 Å². The normalized spacial score (nSPS) is 12.1. The number of nitrogens with one attached hydrogen (secondary N) is 1. The molecule has 0 heterocycles. The fourth-order valence-corrected chi connectivity index (χ4v) is 1.54. The van der Waals surface area contributed by atoms with Gasteiger partial charge in [-0.2, -0.15) is 5.26 Å². The zero-order valence-corrected chi connectivity index (χ0v) is 9.67. The van der Waals surface area contributed by atoms with Crippen molar-refractivity contribution in [2.24, 2.45) is 0 Å². The zero-order valence-electron chi connectivity index (χ0n) is 9.67. The Hall–Kier alpha value is -1.33. The molecule has 0 radical (unpaired) electrons. The number of hydrogen-bond acceptors (Lipinski definition) is 2. The first-order valence-corrected chi connectivity index (χ1v) is 5.32. The molecule has 0 aromatic heterocycles. The summed E-state index contributed by atoms with van der Waals surface area (Å²) in [6.07, 6.45) is 0.986. The van der Waals surface area contributed by atoms with Gasteiger partial charge < -0.3 is 5.32 Å². The molecule has 0 aliphatic carbocycles. The standard InChI is InChI=1S/C13H18N2/c1-10-4-5-11(2)13(8-10)6-7-15-12(3)9-14/h4-5,8,12,15H,6-7H2,1-3H3. The summed E-state index contributed by atoms with van der Waals surface area (Å²) in [5.41, 5.74) is 3.99. The third kappa shape index (κ3) is 3.73. The van der Waals surface area contributed by atoms with Crippen LogP contribution in [0.15, 0.2) is 18.2 Å². The van der Waals surface area contributed by atoms with Gasteiger partial charge in [0.25, 0.3) is 0 Å². The predicted octanol–water partition coefficient (Wildman–Crippen LogP) is 2.35. The van der Waals surface area contributed by atoms with Crippen molar-refractivity contribution in [1.82, 2.24) is 5.32 Å². The molecule has 80 valence electrons. The first kappa shape index (κ1) is 11.7. The fourth-order valence-electron chi connectivity index (χ4n) is 1.54. The summed E-state index contributed by atoms with van der Waals surface area (Å²) in [5.74, 6) is 0. The summed E-state index contributed by atoms with van der Waals surface area (Å²) in [4.78, 5) is 0. The smallest absolute Gasteiger partial charge is 0.0924 e. The van der Waals surface area contributed by atoms with E-state index in [0.717, 1.165) is 13.0 Å². The zero-order chi connectivity index (χ0) is 11.3. The summed E-state index contributed by atoms with van der Waals surface area (Å²) in [7, 11) is 0. The molecule has 0 saturated heterocycles. The molecule has 0 spiro atoms. The highest BCUT2D eigenvalue weighted by Gasteiger charge is 2.00. The number of benzene rings is 1. The van der Waals surface area contributed by atoms with Crippen molar-refractivity contribution in [2.45, 2.75) is 33.2 Å². The van der Waals surface area contributed by atoms with Crippen molar-refractivity contribution in [2.75, 3.05) is 6.54 Å². The Morgan fingerprint density at radius 2 is 2.13 bits per heavy atom. The Labute approximate surface area is 91.9 Å². The second kappa shape index (κ2) is 5.53. The molecule has 0 aliphatic heterocycles. The van der Waals surface area contributed by atoms with E-state index in [1.54, 1.807) is 0 Å². The van der Waals surface area contributed by atoms with E-state index in [1.165, 1.54) is 16.7 Å². The lowest BCUT2D eigenvalue weighted by molar-refractivity contribution is 0.639. The van der Waals surface area contributed by atoms with Gasteiger partial charge in [-0.05, 0) is 38.3 Å². The van der Waals surface area contributed by atoms with Gasteiger partial charge in [0.2, 0.25) is 0 Å². The Bertz CT molecular complexity index is 363. The predicted molar refractivity (Wildman–Crippen MR) is 62.7 cm³/mol. The van der Waals surface area contributed by atoms with E-state index in [9.17, 15) is 0 Å². The Morgan fingerprint density at radius 1 is 1.40 bits per heavy atom. The summed E-state index contributed by atoms with van der Waals surface area (Å²) < 4.78 is 0. The number of hydrogen-bond donors (Lipinski definition) is 1. The van der Waals surface area contributed by atoms with Crippen LogP contribution < -0.4 is 5.32 Å². The van der Waals surface area contributed by atoms with Gasteiger partial charge in [0.1, 0.15) is 0 Å². The molecule has 2 nitrogen and oxygen atoms in total. The van der Waals surface area contributed by atoms with E-state index < -0.39 is 0 Å². The largest absolute Gasteiger partial charge is 0.302 e. The fraction of sp³-hybridized carbons (Fsp3) is 0.462. The SMILES string of the molecule is Cc1ccc(C)c(CCNC(C)C#N)c1. The molecule has 0 bridgehead atoms. The third-order valence-corrected chi connectivity index (χ3v) is 2.54. The molecule has 1 aromatic carbocycles. The Balaban J connectivity index is 2.51. The molecule has 0 amide bonds. The molecule has 1 N–H and O–H groups in total. The number of rotatable bonds is 4. The molecule has 1 rings (SSSR count). The van der Waals surface area contributed by atoms with Gasteiger partial charge in [-0.25, -0.2) is 0 Å². The lowest BCUT2D eigenvalue weighted by Crippen LogP contribution is -2.26. The summed E-state index contributed by atoms with van der Waals surface area (Å²) in [6, 6.07) is 8.60. The van der Waals surface area contributed by atoms with E-state index in [4.69, 9.17) is 5.26 Å². The van der Waals surface area contributed by atoms with Gasteiger partial charge in [-0.3, -0.25) is 0 Å². The quantitative estimate of drug-likeness (QED) is 0.813. The maximum atomic E-state index is 8.62.